The number of hydrogen-bond donors (Lipinski definition) is 5. The maximum Gasteiger partial charge on any atom is 0.255 e. The molecule has 1 aromatic heterocycles. The van der Waals surface area contributed by atoms with E-state index >= 15 is 0 Å². The average Bonchev–Trinajstić information content (AvgIpc) is 3.40. The molecule has 2 aromatic rings. The minimum atomic E-state index is -2.67. The summed E-state index contributed by atoms with van der Waals surface area (Å²) in [6, 6.07) is 5.72. The second-order valence-corrected chi connectivity index (χ2v) is 12.3. The molecule has 3 aliphatic carbocycles. The molecule has 1 saturated carbocycles. The number of aliphatic hydroxyl groups is 3. The van der Waals surface area contributed by atoms with Crippen molar-refractivity contribution in [1.29, 1.82) is 0 Å². The van der Waals surface area contributed by atoms with Crippen molar-refractivity contribution in [2.75, 3.05) is 47.3 Å². The van der Waals surface area contributed by atoms with E-state index in [-0.39, 0.29) is 29.7 Å². The molecule has 1 aliphatic heterocycles. The van der Waals surface area contributed by atoms with Crippen LogP contribution in [-0.2, 0) is 27.3 Å². The normalized spacial score (nSPS) is 28.3. The lowest BCUT2D eigenvalue weighted by molar-refractivity contribution is -0.153. The van der Waals surface area contributed by atoms with Gasteiger partial charge in [-0.15, -0.1) is 0 Å². The number of rotatable bonds is 5. The van der Waals surface area contributed by atoms with Gasteiger partial charge in [-0.05, 0) is 69.7 Å². The first-order valence-electron chi connectivity index (χ1n) is 14.3. The molecule has 228 valence electrons. The molecule has 43 heavy (non-hydrogen) atoms. The Morgan fingerprint density at radius 1 is 1.09 bits per heavy atom. The van der Waals surface area contributed by atoms with E-state index in [4.69, 9.17) is 10.2 Å². The van der Waals surface area contributed by atoms with E-state index in [0.717, 1.165) is 31.9 Å². The molecule has 1 unspecified atom stereocenters. The molecule has 1 saturated heterocycles. The summed E-state index contributed by atoms with van der Waals surface area (Å²) in [4.78, 5) is 45.5. The first kappa shape index (κ1) is 29.1. The highest BCUT2D eigenvalue weighted by molar-refractivity contribution is 6.24. The summed E-state index contributed by atoms with van der Waals surface area (Å²) in [5.41, 5.74) is 2.93. The standard InChI is InChI=1S/C31H36N4O8/c1-33(2)25-19-13-15-12-18-17(21-7-4-16(43-21)14-35-10-8-34(3)9-11-35)5-6-20(36)23(18)26(37)22(15)28(39)31(19,42)29(40)24(27(25)38)30(32)41/h4-7,15,19,25,36-37,40,42H,8-14H2,1-3H3,(H2,32,41)/t15-,19+,25?,31+/m1/s1. The monoisotopic (exact) mass is 592 g/mol. The van der Waals surface area contributed by atoms with Gasteiger partial charge in [-0.3, -0.25) is 24.2 Å². The average molecular weight is 593 g/mol. The lowest BCUT2D eigenvalue weighted by atomic mass is 9.57. The highest BCUT2D eigenvalue weighted by Crippen LogP contribution is 2.53. The van der Waals surface area contributed by atoms with Crippen molar-refractivity contribution in [3.63, 3.8) is 0 Å². The third kappa shape index (κ3) is 4.39. The quantitative estimate of drug-likeness (QED) is 0.312. The van der Waals surface area contributed by atoms with Crippen LogP contribution in [0.3, 0.4) is 0 Å². The number of phenolic OH excluding ortho intramolecular Hbond substituents is 1. The molecule has 12 heteroatoms. The number of aliphatic hydroxyl groups excluding tert-OH is 2. The predicted octanol–water partition coefficient (Wildman–Crippen LogP) is 0.971. The first-order valence-corrected chi connectivity index (χ1v) is 14.3. The van der Waals surface area contributed by atoms with Crippen LogP contribution in [0.5, 0.6) is 5.75 Å². The Bertz CT molecular complexity index is 1600. The molecular weight excluding hydrogens is 556 g/mol. The van der Waals surface area contributed by atoms with Gasteiger partial charge in [0.1, 0.15) is 34.4 Å². The number of nitrogens with two attached hydrogens (primary N) is 1. The predicted molar refractivity (Wildman–Crippen MR) is 155 cm³/mol. The van der Waals surface area contributed by atoms with Crippen LogP contribution in [-0.4, -0.2) is 112 Å². The van der Waals surface area contributed by atoms with Crippen LogP contribution in [0.15, 0.2) is 45.6 Å². The van der Waals surface area contributed by atoms with Gasteiger partial charge in [0.05, 0.1) is 18.2 Å². The van der Waals surface area contributed by atoms with E-state index in [0.29, 0.717) is 23.4 Å². The maximum atomic E-state index is 14.0. The fourth-order valence-corrected chi connectivity index (χ4v) is 7.31. The molecule has 4 atom stereocenters. The van der Waals surface area contributed by atoms with Crippen LogP contribution in [0.1, 0.15) is 23.3 Å². The Morgan fingerprint density at radius 2 is 1.79 bits per heavy atom. The Hall–Kier alpha value is -3.97. The fraction of sp³-hybridized carbons (Fsp3) is 0.452. The number of Topliss-reactive ketones (excluding diaryl/α,β-unsaturated/α-hetero) is 2. The zero-order valence-corrected chi connectivity index (χ0v) is 24.3. The number of amides is 1. The molecule has 2 fully saturated rings. The van der Waals surface area contributed by atoms with E-state index in [1.165, 1.54) is 11.0 Å². The van der Waals surface area contributed by atoms with E-state index in [1.807, 2.05) is 12.1 Å². The van der Waals surface area contributed by atoms with Gasteiger partial charge >= 0.3 is 0 Å². The van der Waals surface area contributed by atoms with Crippen LogP contribution >= 0.6 is 0 Å². The number of hydrogen-bond acceptors (Lipinski definition) is 11. The summed E-state index contributed by atoms with van der Waals surface area (Å²) in [7, 11) is 5.23. The number of ketones is 2. The fourth-order valence-electron chi connectivity index (χ4n) is 7.31. The van der Waals surface area contributed by atoms with Gasteiger partial charge in [-0.25, -0.2) is 0 Å². The Kier molecular flexibility index (Phi) is 7.00. The summed E-state index contributed by atoms with van der Waals surface area (Å²) < 4.78 is 6.23. The summed E-state index contributed by atoms with van der Waals surface area (Å²) in [5, 5.41) is 45.1. The third-order valence-electron chi connectivity index (χ3n) is 9.51. The van der Waals surface area contributed by atoms with Crippen molar-refractivity contribution in [2.45, 2.75) is 31.0 Å². The Balaban J connectivity index is 1.42. The molecule has 6 N–H and O–H groups in total. The van der Waals surface area contributed by atoms with Gasteiger partial charge in [0.2, 0.25) is 5.78 Å². The SMILES string of the molecule is CN1CCN(Cc2ccc(-c3ccc(O)c4c3C[C@@H]3C[C@H]5C(N(C)C)C(=O)C(C(N)=O)=C(O)[C@@]5(O)C(=O)C3=C4O)o2)CC1. The first-order chi connectivity index (χ1) is 20.3. The summed E-state index contributed by atoms with van der Waals surface area (Å²) in [6.07, 6.45) is 0.209. The van der Waals surface area contributed by atoms with Crippen molar-refractivity contribution in [3.05, 3.63) is 58.1 Å². The van der Waals surface area contributed by atoms with Crippen LogP contribution in [0.2, 0.25) is 0 Å². The summed E-state index contributed by atoms with van der Waals surface area (Å²) >= 11 is 0. The summed E-state index contributed by atoms with van der Waals surface area (Å²) in [6.45, 7) is 4.44. The zero-order valence-electron chi connectivity index (χ0n) is 24.3. The van der Waals surface area contributed by atoms with Crippen molar-refractivity contribution < 1.29 is 39.2 Å². The number of phenols is 1. The van der Waals surface area contributed by atoms with Crippen LogP contribution in [0, 0.1) is 11.8 Å². The Morgan fingerprint density at radius 3 is 2.44 bits per heavy atom. The van der Waals surface area contributed by atoms with Crippen molar-refractivity contribution in [1.82, 2.24) is 14.7 Å². The maximum absolute atomic E-state index is 14.0. The van der Waals surface area contributed by atoms with E-state index in [2.05, 4.69) is 16.8 Å². The molecule has 0 radical (unpaired) electrons. The number of carbonyl (C=O) groups excluding carboxylic acids is 3. The number of benzene rings is 1. The van der Waals surface area contributed by atoms with Crippen molar-refractivity contribution in [2.24, 2.45) is 17.6 Å². The third-order valence-corrected chi connectivity index (χ3v) is 9.51. The van der Waals surface area contributed by atoms with Crippen LogP contribution in [0.4, 0.5) is 0 Å². The van der Waals surface area contributed by atoms with Crippen LogP contribution in [0.25, 0.3) is 17.1 Å². The second kappa shape index (κ2) is 10.3. The number of primary amides is 1. The van der Waals surface area contributed by atoms with E-state index in [1.54, 1.807) is 20.2 Å². The van der Waals surface area contributed by atoms with Gasteiger partial charge in [0.25, 0.3) is 5.91 Å². The van der Waals surface area contributed by atoms with E-state index in [9.17, 15) is 34.8 Å². The molecule has 6 rings (SSSR count). The van der Waals surface area contributed by atoms with Crippen molar-refractivity contribution in [3.8, 4) is 17.1 Å². The van der Waals surface area contributed by atoms with Gasteiger partial charge in [-0.1, -0.05) is 0 Å². The Labute approximate surface area is 248 Å². The lowest BCUT2D eigenvalue weighted by Gasteiger charge is -2.50. The highest BCUT2D eigenvalue weighted by Gasteiger charge is 2.64. The number of fused-ring (bicyclic) bond motifs is 3. The smallest absolute Gasteiger partial charge is 0.255 e. The number of furan rings is 1. The van der Waals surface area contributed by atoms with Gasteiger partial charge < -0.3 is 35.5 Å². The number of likely N-dealkylation sites (N-methyl/N-ethyl adjacent to an activating group) is 2. The molecule has 1 amide bonds. The van der Waals surface area contributed by atoms with Crippen molar-refractivity contribution >= 4 is 23.2 Å². The minimum absolute atomic E-state index is 0.0215. The lowest BCUT2D eigenvalue weighted by Crippen LogP contribution is -2.65. The van der Waals surface area contributed by atoms with Gasteiger partial charge in [-0.2, -0.15) is 0 Å². The zero-order chi connectivity index (χ0) is 31.0. The molecule has 0 spiro atoms. The number of aromatic hydroxyl groups is 1. The topological polar surface area (TPSA) is 181 Å². The highest BCUT2D eigenvalue weighted by atomic mass is 16.4. The molecule has 12 nitrogen and oxygen atoms in total. The number of piperazine rings is 1. The van der Waals surface area contributed by atoms with Gasteiger partial charge in [0, 0.05) is 43.2 Å². The summed E-state index contributed by atoms with van der Waals surface area (Å²) in [5.74, 6) is -5.47. The number of nitrogens with zero attached hydrogens (tertiary/aromatic N) is 3. The molecule has 1 aromatic carbocycles. The molecule has 0 bridgehead atoms. The second-order valence-electron chi connectivity index (χ2n) is 12.3. The largest absolute Gasteiger partial charge is 0.508 e. The van der Waals surface area contributed by atoms with E-state index < -0.39 is 58.0 Å². The van der Waals surface area contributed by atoms with Gasteiger partial charge in [0.15, 0.2) is 11.4 Å². The minimum Gasteiger partial charge on any atom is -0.508 e. The molecule has 2 heterocycles. The molecular formula is C31H36N4O8. The number of carbonyl (C=O) groups is 3. The molecule has 4 aliphatic rings. The van der Waals surface area contributed by atoms with Crippen LogP contribution < -0.4 is 5.73 Å².